The number of hydrogen-bond acceptors (Lipinski definition) is 5. The number of benzene rings is 2. The van der Waals surface area contributed by atoms with Crippen molar-refractivity contribution in [2.24, 2.45) is 0 Å². The summed E-state index contributed by atoms with van der Waals surface area (Å²) < 4.78 is 17.3. The first-order chi connectivity index (χ1) is 13.0. The normalized spacial score (nSPS) is 22.5. The zero-order valence-corrected chi connectivity index (χ0v) is 16.2. The van der Waals surface area contributed by atoms with Gasteiger partial charge in [0.2, 0.25) is 0 Å². The SMILES string of the molecule is COc1ccc(C[C@@H](NCc2ccccc2)[C@@H]2OC(C)(C)O[C@H]2CO)cc1. The van der Waals surface area contributed by atoms with Gasteiger partial charge in [-0.3, -0.25) is 0 Å². The lowest BCUT2D eigenvalue weighted by Gasteiger charge is -2.27. The lowest BCUT2D eigenvalue weighted by molar-refractivity contribution is -0.151. The third-order valence-corrected chi connectivity index (χ3v) is 4.82. The molecule has 0 spiro atoms. The minimum atomic E-state index is -0.704. The zero-order chi connectivity index (χ0) is 19.3. The highest BCUT2D eigenvalue weighted by molar-refractivity contribution is 5.28. The van der Waals surface area contributed by atoms with Gasteiger partial charge in [0.1, 0.15) is 18.0 Å². The topological polar surface area (TPSA) is 60.0 Å². The molecule has 0 radical (unpaired) electrons. The molecule has 3 rings (SSSR count). The molecule has 5 nitrogen and oxygen atoms in total. The van der Waals surface area contributed by atoms with Gasteiger partial charge >= 0.3 is 0 Å². The Labute approximate surface area is 161 Å². The average molecular weight is 371 g/mol. The largest absolute Gasteiger partial charge is 0.497 e. The first-order valence-corrected chi connectivity index (χ1v) is 9.37. The standard InChI is InChI=1S/C22H29NO4/c1-22(2)26-20(15-24)21(27-22)19(23-14-17-7-5-4-6-8-17)13-16-9-11-18(25-3)12-10-16/h4-12,19-21,23-24H,13-15H2,1-3H3/t19-,20+,21+/m1/s1. The summed E-state index contributed by atoms with van der Waals surface area (Å²) in [4.78, 5) is 0. The second-order valence-electron chi connectivity index (χ2n) is 7.35. The van der Waals surface area contributed by atoms with Gasteiger partial charge in [-0.05, 0) is 43.5 Å². The third-order valence-electron chi connectivity index (χ3n) is 4.82. The van der Waals surface area contributed by atoms with Crippen LogP contribution in [0.5, 0.6) is 5.75 Å². The van der Waals surface area contributed by atoms with E-state index in [0.29, 0.717) is 0 Å². The summed E-state index contributed by atoms with van der Waals surface area (Å²) in [5, 5.41) is 13.4. The molecule has 1 fully saturated rings. The molecule has 0 amide bonds. The molecular weight excluding hydrogens is 342 g/mol. The summed E-state index contributed by atoms with van der Waals surface area (Å²) >= 11 is 0. The fraction of sp³-hybridized carbons (Fsp3) is 0.455. The molecule has 2 aromatic rings. The molecule has 2 N–H and O–H groups in total. The van der Waals surface area contributed by atoms with E-state index >= 15 is 0 Å². The van der Waals surface area contributed by atoms with E-state index in [1.165, 1.54) is 11.1 Å². The fourth-order valence-corrected chi connectivity index (χ4v) is 3.51. The van der Waals surface area contributed by atoms with E-state index in [4.69, 9.17) is 14.2 Å². The van der Waals surface area contributed by atoms with E-state index in [2.05, 4.69) is 29.6 Å². The number of aliphatic hydroxyl groups excluding tert-OH is 1. The fourth-order valence-electron chi connectivity index (χ4n) is 3.51. The van der Waals surface area contributed by atoms with Crippen molar-refractivity contribution in [3.63, 3.8) is 0 Å². The molecule has 1 aliphatic heterocycles. The smallest absolute Gasteiger partial charge is 0.163 e. The quantitative estimate of drug-likeness (QED) is 0.747. The van der Waals surface area contributed by atoms with Crippen LogP contribution in [-0.4, -0.2) is 42.9 Å². The van der Waals surface area contributed by atoms with Gasteiger partial charge < -0.3 is 24.6 Å². The van der Waals surface area contributed by atoms with Crippen molar-refractivity contribution in [2.75, 3.05) is 13.7 Å². The Morgan fingerprint density at radius 3 is 2.37 bits per heavy atom. The Morgan fingerprint density at radius 2 is 1.74 bits per heavy atom. The Kier molecular flexibility index (Phi) is 6.50. The second kappa shape index (κ2) is 8.85. The predicted octanol–water partition coefficient (Wildman–Crippen LogP) is 2.91. The Hall–Kier alpha value is -1.92. The highest BCUT2D eigenvalue weighted by atomic mass is 16.8. The van der Waals surface area contributed by atoms with Gasteiger partial charge in [-0.1, -0.05) is 42.5 Å². The van der Waals surface area contributed by atoms with Crippen LogP contribution in [0.4, 0.5) is 0 Å². The number of aliphatic hydroxyl groups is 1. The highest BCUT2D eigenvalue weighted by Crippen LogP contribution is 2.31. The molecule has 1 saturated heterocycles. The summed E-state index contributed by atoms with van der Waals surface area (Å²) in [6.07, 6.45) is 0.166. The summed E-state index contributed by atoms with van der Waals surface area (Å²) in [5.74, 6) is 0.132. The van der Waals surface area contributed by atoms with Crippen LogP contribution >= 0.6 is 0 Å². The van der Waals surface area contributed by atoms with Gasteiger partial charge in [0.15, 0.2) is 5.79 Å². The minimum absolute atomic E-state index is 0.00229. The molecule has 0 bridgehead atoms. The van der Waals surface area contributed by atoms with E-state index in [9.17, 15) is 5.11 Å². The van der Waals surface area contributed by atoms with Crippen LogP contribution in [0.3, 0.4) is 0 Å². The molecule has 27 heavy (non-hydrogen) atoms. The van der Waals surface area contributed by atoms with Gasteiger partial charge in [0.25, 0.3) is 0 Å². The lowest BCUT2D eigenvalue weighted by Crippen LogP contribution is -2.47. The van der Waals surface area contributed by atoms with E-state index in [0.717, 1.165) is 18.7 Å². The molecule has 1 heterocycles. The van der Waals surface area contributed by atoms with Gasteiger partial charge in [0, 0.05) is 12.6 Å². The van der Waals surface area contributed by atoms with Crippen LogP contribution in [-0.2, 0) is 22.4 Å². The van der Waals surface area contributed by atoms with E-state index in [1.54, 1.807) is 7.11 Å². The van der Waals surface area contributed by atoms with Crippen LogP contribution < -0.4 is 10.1 Å². The number of methoxy groups -OCH3 is 1. The summed E-state index contributed by atoms with van der Waals surface area (Å²) in [6.45, 7) is 4.43. The first kappa shape index (κ1) is 19.8. The molecule has 0 saturated carbocycles. The third kappa shape index (κ3) is 5.30. The van der Waals surface area contributed by atoms with E-state index < -0.39 is 5.79 Å². The zero-order valence-electron chi connectivity index (χ0n) is 16.2. The highest BCUT2D eigenvalue weighted by Gasteiger charge is 2.44. The maximum absolute atomic E-state index is 9.79. The number of rotatable bonds is 8. The Balaban J connectivity index is 1.76. The van der Waals surface area contributed by atoms with Gasteiger partial charge in [0.05, 0.1) is 13.7 Å². The van der Waals surface area contributed by atoms with Crippen molar-refractivity contribution in [3.05, 3.63) is 65.7 Å². The lowest BCUT2D eigenvalue weighted by atomic mass is 9.97. The van der Waals surface area contributed by atoms with Crippen LogP contribution in [0, 0.1) is 0 Å². The van der Waals surface area contributed by atoms with Crippen LogP contribution in [0.1, 0.15) is 25.0 Å². The molecule has 0 aliphatic carbocycles. The monoisotopic (exact) mass is 371 g/mol. The molecule has 0 unspecified atom stereocenters. The maximum atomic E-state index is 9.79. The molecule has 5 heteroatoms. The molecule has 2 aromatic carbocycles. The summed E-state index contributed by atoms with van der Waals surface area (Å²) in [7, 11) is 1.66. The Morgan fingerprint density at radius 1 is 1.04 bits per heavy atom. The minimum Gasteiger partial charge on any atom is -0.497 e. The molecule has 3 atom stereocenters. The predicted molar refractivity (Wildman–Crippen MR) is 105 cm³/mol. The van der Waals surface area contributed by atoms with Gasteiger partial charge in [-0.2, -0.15) is 0 Å². The van der Waals surface area contributed by atoms with E-state index in [1.807, 2.05) is 44.2 Å². The van der Waals surface area contributed by atoms with Gasteiger partial charge in [-0.25, -0.2) is 0 Å². The summed E-state index contributed by atoms with van der Waals surface area (Å²) in [6, 6.07) is 18.3. The van der Waals surface area contributed by atoms with Crippen molar-refractivity contribution < 1.29 is 19.3 Å². The molecular formula is C22H29NO4. The van der Waals surface area contributed by atoms with Crippen molar-refractivity contribution in [2.45, 2.75) is 50.8 Å². The Bertz CT molecular complexity index is 702. The van der Waals surface area contributed by atoms with Crippen LogP contribution in [0.15, 0.2) is 54.6 Å². The van der Waals surface area contributed by atoms with Crippen LogP contribution in [0.2, 0.25) is 0 Å². The van der Waals surface area contributed by atoms with Crippen molar-refractivity contribution in [3.8, 4) is 5.75 Å². The maximum Gasteiger partial charge on any atom is 0.163 e. The molecule has 0 aromatic heterocycles. The molecule has 146 valence electrons. The van der Waals surface area contributed by atoms with Crippen LogP contribution in [0.25, 0.3) is 0 Å². The van der Waals surface area contributed by atoms with Gasteiger partial charge in [-0.15, -0.1) is 0 Å². The van der Waals surface area contributed by atoms with E-state index in [-0.39, 0.29) is 24.9 Å². The summed E-state index contributed by atoms with van der Waals surface area (Å²) in [5.41, 5.74) is 2.38. The van der Waals surface area contributed by atoms with Crippen molar-refractivity contribution in [1.82, 2.24) is 5.32 Å². The van der Waals surface area contributed by atoms with Crippen molar-refractivity contribution >= 4 is 0 Å². The number of hydrogen-bond donors (Lipinski definition) is 2. The number of nitrogens with one attached hydrogen (secondary N) is 1. The van der Waals surface area contributed by atoms with Crippen molar-refractivity contribution in [1.29, 1.82) is 0 Å². The second-order valence-corrected chi connectivity index (χ2v) is 7.35. The molecule has 1 aliphatic rings. The number of ether oxygens (including phenoxy) is 3. The first-order valence-electron chi connectivity index (χ1n) is 9.37. The average Bonchev–Trinajstić information content (AvgIpc) is 3.01.